The maximum atomic E-state index is 12.8. The Labute approximate surface area is 147 Å². The second-order valence-electron chi connectivity index (χ2n) is 6.47. The first kappa shape index (κ1) is 16.6. The van der Waals surface area contributed by atoms with Gasteiger partial charge in [-0.05, 0) is 23.3 Å². The molecule has 0 saturated carbocycles. The number of ketones is 2. The molecule has 0 heterocycles. The molecular formula is C19H14O7. The van der Waals surface area contributed by atoms with Crippen LogP contribution in [0.25, 0.3) is 0 Å². The lowest BCUT2D eigenvalue weighted by Gasteiger charge is -2.36. The Morgan fingerprint density at radius 1 is 0.769 bits per heavy atom. The van der Waals surface area contributed by atoms with Crippen molar-refractivity contribution in [2.24, 2.45) is 0 Å². The number of aliphatic carboxylic acids is 1. The Morgan fingerprint density at radius 2 is 1.27 bits per heavy atom. The van der Waals surface area contributed by atoms with Crippen LogP contribution in [0.1, 0.15) is 55.0 Å². The number of carboxylic acid groups (broad SMARTS) is 1. The fourth-order valence-electron chi connectivity index (χ4n) is 3.73. The second kappa shape index (κ2) is 5.57. The van der Waals surface area contributed by atoms with Crippen molar-refractivity contribution < 1.29 is 34.8 Å². The van der Waals surface area contributed by atoms with Gasteiger partial charge in [-0.15, -0.1) is 0 Å². The minimum absolute atomic E-state index is 0.0158. The van der Waals surface area contributed by atoms with Gasteiger partial charge in [-0.2, -0.15) is 0 Å². The summed E-state index contributed by atoms with van der Waals surface area (Å²) in [5, 5.41) is 39.7. The Morgan fingerprint density at radius 3 is 1.77 bits per heavy atom. The molecule has 4 unspecified atom stereocenters. The van der Waals surface area contributed by atoms with Crippen molar-refractivity contribution in [3.05, 3.63) is 69.8 Å². The SMILES string of the molecule is O=C1c2ccccc2C(=O)c2cc3c(cc21)C(O)C(O)C(O)C3C(=O)O. The molecule has 0 spiro atoms. The number of benzene rings is 2. The molecule has 2 aromatic carbocycles. The third kappa shape index (κ3) is 2.08. The molecule has 2 aliphatic carbocycles. The molecule has 4 atom stereocenters. The first-order valence-electron chi connectivity index (χ1n) is 7.96. The molecule has 7 heteroatoms. The Hall–Kier alpha value is -2.87. The highest BCUT2D eigenvalue weighted by atomic mass is 16.4. The van der Waals surface area contributed by atoms with Crippen molar-refractivity contribution in [2.45, 2.75) is 24.2 Å². The maximum Gasteiger partial charge on any atom is 0.313 e. The van der Waals surface area contributed by atoms with E-state index in [1.165, 1.54) is 24.3 Å². The van der Waals surface area contributed by atoms with E-state index in [0.29, 0.717) is 0 Å². The molecule has 0 saturated heterocycles. The summed E-state index contributed by atoms with van der Waals surface area (Å²) in [6.07, 6.45) is -5.03. The molecule has 0 fully saturated rings. The molecule has 2 aromatic rings. The number of rotatable bonds is 1. The van der Waals surface area contributed by atoms with Crippen LogP contribution in [0.3, 0.4) is 0 Å². The van der Waals surface area contributed by atoms with E-state index in [2.05, 4.69) is 0 Å². The summed E-state index contributed by atoms with van der Waals surface area (Å²) < 4.78 is 0. The summed E-state index contributed by atoms with van der Waals surface area (Å²) in [5.74, 6) is -3.77. The van der Waals surface area contributed by atoms with Gasteiger partial charge in [0.1, 0.15) is 24.2 Å². The summed E-state index contributed by atoms with van der Waals surface area (Å²) >= 11 is 0. The molecule has 0 radical (unpaired) electrons. The van der Waals surface area contributed by atoms with Gasteiger partial charge in [-0.25, -0.2) is 0 Å². The number of aliphatic hydroxyl groups excluding tert-OH is 3. The monoisotopic (exact) mass is 354 g/mol. The van der Waals surface area contributed by atoms with Gasteiger partial charge in [-0.1, -0.05) is 24.3 Å². The van der Waals surface area contributed by atoms with E-state index < -0.39 is 41.8 Å². The standard InChI is InChI=1S/C19H14O7/c20-14-7-3-1-2-4-8(7)15(21)12-6-10-9(5-11(12)14)13(19(25)26)17(23)18(24)16(10)22/h1-6,13,16-18,22-24H,(H,25,26). The van der Waals surface area contributed by atoms with Crippen LogP contribution in [0.4, 0.5) is 0 Å². The number of fused-ring (bicyclic) bond motifs is 3. The van der Waals surface area contributed by atoms with Crippen LogP contribution in [-0.2, 0) is 4.79 Å². The molecule has 0 aromatic heterocycles. The highest BCUT2D eigenvalue weighted by molar-refractivity contribution is 6.28. The van der Waals surface area contributed by atoms with Crippen LogP contribution in [-0.4, -0.2) is 50.2 Å². The van der Waals surface area contributed by atoms with Crippen molar-refractivity contribution in [3.8, 4) is 0 Å². The van der Waals surface area contributed by atoms with Gasteiger partial charge < -0.3 is 20.4 Å². The third-order valence-corrected chi connectivity index (χ3v) is 5.06. The first-order chi connectivity index (χ1) is 12.3. The summed E-state index contributed by atoms with van der Waals surface area (Å²) in [6.45, 7) is 0. The van der Waals surface area contributed by atoms with Gasteiger partial charge in [0, 0.05) is 22.3 Å². The van der Waals surface area contributed by atoms with Crippen LogP contribution in [0.5, 0.6) is 0 Å². The number of carbonyl (C=O) groups excluding carboxylic acids is 2. The molecule has 7 nitrogen and oxygen atoms in total. The number of carbonyl (C=O) groups is 3. The van der Waals surface area contributed by atoms with Gasteiger partial charge in [0.25, 0.3) is 0 Å². The predicted octanol–water partition coefficient (Wildman–Crippen LogP) is 0.399. The molecule has 4 rings (SSSR count). The molecular weight excluding hydrogens is 340 g/mol. The van der Waals surface area contributed by atoms with Gasteiger partial charge in [0.05, 0.1) is 0 Å². The van der Waals surface area contributed by atoms with Crippen molar-refractivity contribution in [3.63, 3.8) is 0 Å². The van der Waals surface area contributed by atoms with Crippen LogP contribution >= 0.6 is 0 Å². The topological polar surface area (TPSA) is 132 Å². The van der Waals surface area contributed by atoms with Crippen molar-refractivity contribution in [1.29, 1.82) is 0 Å². The van der Waals surface area contributed by atoms with Crippen molar-refractivity contribution >= 4 is 17.5 Å². The summed E-state index contributed by atoms with van der Waals surface area (Å²) in [7, 11) is 0. The highest BCUT2D eigenvalue weighted by Gasteiger charge is 2.45. The van der Waals surface area contributed by atoms with Crippen LogP contribution in [0, 0.1) is 0 Å². The van der Waals surface area contributed by atoms with Crippen LogP contribution in [0.2, 0.25) is 0 Å². The average molecular weight is 354 g/mol. The lowest BCUT2D eigenvalue weighted by Crippen LogP contribution is -2.45. The lowest BCUT2D eigenvalue weighted by atomic mass is 9.73. The maximum absolute atomic E-state index is 12.8. The molecule has 2 aliphatic rings. The van der Waals surface area contributed by atoms with E-state index in [9.17, 15) is 34.8 Å². The Kier molecular flexibility index (Phi) is 3.55. The lowest BCUT2D eigenvalue weighted by molar-refractivity contribution is -0.148. The van der Waals surface area contributed by atoms with Gasteiger partial charge in [0.2, 0.25) is 0 Å². The fraction of sp³-hybridized carbons (Fsp3) is 0.211. The predicted molar refractivity (Wildman–Crippen MR) is 87.1 cm³/mol. The quantitative estimate of drug-likeness (QED) is 0.497. The van der Waals surface area contributed by atoms with E-state index in [1.54, 1.807) is 12.1 Å². The first-order valence-corrected chi connectivity index (χ1v) is 7.96. The number of hydrogen-bond acceptors (Lipinski definition) is 6. The van der Waals surface area contributed by atoms with E-state index in [4.69, 9.17) is 0 Å². The number of aliphatic hydroxyl groups is 3. The zero-order valence-corrected chi connectivity index (χ0v) is 13.3. The van der Waals surface area contributed by atoms with Gasteiger partial charge in [-0.3, -0.25) is 14.4 Å². The minimum atomic E-state index is -1.74. The fourth-order valence-corrected chi connectivity index (χ4v) is 3.73. The summed E-state index contributed by atoms with van der Waals surface area (Å²) in [6, 6.07) is 8.77. The van der Waals surface area contributed by atoms with Crippen molar-refractivity contribution in [2.75, 3.05) is 0 Å². The highest BCUT2D eigenvalue weighted by Crippen LogP contribution is 2.41. The molecule has 0 amide bonds. The third-order valence-electron chi connectivity index (χ3n) is 5.06. The molecule has 4 N–H and O–H groups in total. The summed E-state index contributed by atoms with van der Waals surface area (Å²) in [4.78, 5) is 37.1. The number of carboxylic acids is 1. The zero-order chi connectivity index (χ0) is 18.7. The average Bonchev–Trinajstić information content (AvgIpc) is 2.63. The normalized spacial score (nSPS) is 26.7. The van der Waals surface area contributed by atoms with Gasteiger partial charge in [0.15, 0.2) is 11.6 Å². The smallest absolute Gasteiger partial charge is 0.313 e. The van der Waals surface area contributed by atoms with E-state index in [-0.39, 0.29) is 33.4 Å². The molecule has 0 bridgehead atoms. The zero-order valence-electron chi connectivity index (χ0n) is 13.3. The molecule has 132 valence electrons. The Balaban J connectivity index is 1.98. The molecule has 26 heavy (non-hydrogen) atoms. The van der Waals surface area contributed by atoms with E-state index in [0.717, 1.165) is 0 Å². The minimum Gasteiger partial charge on any atom is -0.481 e. The summed E-state index contributed by atoms with van der Waals surface area (Å²) in [5.41, 5.74) is 0.546. The largest absolute Gasteiger partial charge is 0.481 e. The van der Waals surface area contributed by atoms with Gasteiger partial charge >= 0.3 is 5.97 Å². The second-order valence-corrected chi connectivity index (χ2v) is 6.47. The van der Waals surface area contributed by atoms with Crippen molar-refractivity contribution in [1.82, 2.24) is 0 Å². The molecule has 0 aliphatic heterocycles. The Bertz CT molecular complexity index is 978. The van der Waals surface area contributed by atoms with Crippen LogP contribution in [0.15, 0.2) is 36.4 Å². The number of hydrogen-bond donors (Lipinski definition) is 4. The van der Waals surface area contributed by atoms with E-state index in [1.807, 2.05) is 0 Å². The van der Waals surface area contributed by atoms with Crippen LogP contribution < -0.4 is 0 Å². The van der Waals surface area contributed by atoms with E-state index >= 15 is 0 Å².